The molecular weight excluding hydrogens is 402 g/mol. The highest BCUT2D eigenvalue weighted by molar-refractivity contribution is 7.93. The van der Waals surface area contributed by atoms with Crippen LogP contribution in [0.3, 0.4) is 0 Å². The molecule has 0 aromatic heterocycles. The van der Waals surface area contributed by atoms with E-state index in [0.717, 1.165) is 6.07 Å². The second-order valence-corrected chi connectivity index (χ2v) is 8.24. The lowest BCUT2D eigenvalue weighted by Crippen LogP contribution is -2.25. The maximum atomic E-state index is 12.6. The fourth-order valence-electron chi connectivity index (χ4n) is 3.04. The number of methoxy groups -OCH3 is 2. The standard InChI is InChI=1S/C18H19N3O7S/c1-27-16-10-14(15(21(23)24)11-17(16)28-2)18(22)19-12-4-6-13(7-5-12)20-8-3-9-29(20,25)26/h4-7,10-11H,3,8-9H2,1-2H3,(H,19,22). The molecule has 1 aliphatic rings. The van der Waals surface area contributed by atoms with Gasteiger partial charge >= 0.3 is 0 Å². The van der Waals surface area contributed by atoms with Gasteiger partial charge in [-0.05, 0) is 30.7 Å². The summed E-state index contributed by atoms with van der Waals surface area (Å²) in [6.45, 7) is 0.409. The summed E-state index contributed by atoms with van der Waals surface area (Å²) in [5.41, 5.74) is 0.232. The maximum Gasteiger partial charge on any atom is 0.286 e. The largest absolute Gasteiger partial charge is 0.493 e. The van der Waals surface area contributed by atoms with Crippen molar-refractivity contribution in [1.82, 2.24) is 0 Å². The van der Waals surface area contributed by atoms with Gasteiger partial charge in [0.25, 0.3) is 11.6 Å². The Balaban J connectivity index is 1.86. The van der Waals surface area contributed by atoms with Crippen LogP contribution < -0.4 is 19.1 Å². The second kappa shape index (κ2) is 7.95. The second-order valence-electron chi connectivity index (χ2n) is 6.22. The minimum absolute atomic E-state index is 0.106. The topological polar surface area (TPSA) is 128 Å². The molecule has 0 saturated carbocycles. The number of nitro benzene ring substituents is 1. The summed E-state index contributed by atoms with van der Waals surface area (Å²) in [6, 6.07) is 8.57. The molecule has 10 nitrogen and oxygen atoms in total. The highest BCUT2D eigenvalue weighted by Gasteiger charge is 2.28. The molecule has 2 aromatic rings. The molecule has 1 amide bonds. The number of rotatable bonds is 6. The molecule has 0 atom stereocenters. The highest BCUT2D eigenvalue weighted by atomic mass is 32.2. The van der Waals surface area contributed by atoms with Crippen molar-refractivity contribution in [3.8, 4) is 11.5 Å². The van der Waals surface area contributed by atoms with Crippen LogP contribution in [0.1, 0.15) is 16.8 Å². The van der Waals surface area contributed by atoms with Gasteiger partial charge in [0.2, 0.25) is 10.0 Å². The quantitative estimate of drug-likeness (QED) is 0.560. The van der Waals surface area contributed by atoms with Crippen molar-refractivity contribution >= 4 is 33.0 Å². The molecule has 1 aliphatic heterocycles. The summed E-state index contributed by atoms with van der Waals surface area (Å²) in [6.07, 6.45) is 0.559. The Kier molecular flexibility index (Phi) is 5.59. The zero-order chi connectivity index (χ0) is 21.2. The van der Waals surface area contributed by atoms with E-state index in [1.807, 2.05) is 0 Å². The molecule has 29 heavy (non-hydrogen) atoms. The molecule has 11 heteroatoms. The van der Waals surface area contributed by atoms with Gasteiger partial charge in [0.15, 0.2) is 11.5 Å². The first kappa shape index (κ1) is 20.4. The average Bonchev–Trinajstić information content (AvgIpc) is 3.06. The number of hydrogen-bond acceptors (Lipinski definition) is 7. The summed E-state index contributed by atoms with van der Waals surface area (Å²) < 4.78 is 35.5. The summed E-state index contributed by atoms with van der Waals surface area (Å²) in [7, 11) is -0.609. The molecule has 0 aliphatic carbocycles. The molecule has 0 spiro atoms. The van der Waals surface area contributed by atoms with Crippen LogP contribution in [0, 0.1) is 10.1 Å². The van der Waals surface area contributed by atoms with Crippen molar-refractivity contribution in [2.45, 2.75) is 6.42 Å². The Morgan fingerprint density at radius 1 is 1.14 bits per heavy atom. The number of ether oxygens (including phenoxy) is 2. The molecule has 0 bridgehead atoms. The molecule has 2 aromatic carbocycles. The molecule has 0 radical (unpaired) electrons. The van der Waals surface area contributed by atoms with Crippen molar-refractivity contribution < 1.29 is 27.6 Å². The van der Waals surface area contributed by atoms with Gasteiger partial charge in [-0.3, -0.25) is 19.2 Å². The van der Waals surface area contributed by atoms with Crippen molar-refractivity contribution in [1.29, 1.82) is 0 Å². The lowest BCUT2D eigenvalue weighted by molar-refractivity contribution is -0.385. The minimum atomic E-state index is -3.30. The maximum absolute atomic E-state index is 12.6. The van der Waals surface area contributed by atoms with E-state index < -0.39 is 26.5 Å². The van der Waals surface area contributed by atoms with Gasteiger partial charge in [-0.15, -0.1) is 0 Å². The van der Waals surface area contributed by atoms with Crippen molar-refractivity contribution in [3.05, 3.63) is 52.1 Å². The van der Waals surface area contributed by atoms with Gasteiger partial charge in [0.05, 0.1) is 36.6 Å². The zero-order valence-electron chi connectivity index (χ0n) is 15.7. The summed E-state index contributed by atoms with van der Waals surface area (Å²) in [5.74, 6) is -0.293. The van der Waals surface area contributed by atoms with Gasteiger partial charge in [-0.1, -0.05) is 0 Å². The molecule has 3 rings (SSSR count). The molecule has 1 fully saturated rings. The van der Waals surface area contributed by atoms with Gasteiger partial charge in [0.1, 0.15) is 5.56 Å². The van der Waals surface area contributed by atoms with Crippen LogP contribution in [0.25, 0.3) is 0 Å². The van der Waals surface area contributed by atoms with E-state index in [1.165, 1.54) is 36.7 Å². The minimum Gasteiger partial charge on any atom is -0.493 e. The molecule has 0 unspecified atom stereocenters. The average molecular weight is 421 g/mol. The Labute approximate surface area is 167 Å². The van der Waals surface area contributed by atoms with Crippen molar-refractivity contribution in [3.63, 3.8) is 0 Å². The third-order valence-corrected chi connectivity index (χ3v) is 6.33. The van der Waals surface area contributed by atoms with Gasteiger partial charge in [-0.2, -0.15) is 0 Å². The third-order valence-electron chi connectivity index (χ3n) is 4.46. The van der Waals surface area contributed by atoms with Gasteiger partial charge in [-0.25, -0.2) is 8.42 Å². The number of amides is 1. The lowest BCUT2D eigenvalue weighted by atomic mass is 10.1. The Hall–Kier alpha value is -3.34. The van der Waals surface area contributed by atoms with E-state index in [0.29, 0.717) is 24.3 Å². The number of nitrogens with zero attached hydrogens (tertiary/aromatic N) is 2. The monoisotopic (exact) mass is 421 g/mol. The zero-order valence-corrected chi connectivity index (χ0v) is 16.6. The van der Waals surface area contributed by atoms with Crippen LogP contribution in [0.4, 0.5) is 17.1 Å². The molecule has 1 saturated heterocycles. The van der Waals surface area contributed by atoms with E-state index in [2.05, 4.69) is 5.32 Å². The number of nitrogens with one attached hydrogen (secondary N) is 1. The van der Waals surface area contributed by atoms with Crippen LogP contribution in [0.2, 0.25) is 0 Å². The number of hydrogen-bond donors (Lipinski definition) is 1. The third kappa shape index (κ3) is 4.09. The summed E-state index contributed by atoms with van der Waals surface area (Å²) in [5, 5.41) is 13.9. The number of nitro groups is 1. The first-order valence-corrected chi connectivity index (χ1v) is 10.2. The number of carbonyl (C=O) groups excluding carboxylic acids is 1. The predicted octanol–water partition coefficient (Wildman–Crippen LogP) is 2.40. The van der Waals surface area contributed by atoms with Crippen LogP contribution in [0.5, 0.6) is 11.5 Å². The number of anilines is 2. The Morgan fingerprint density at radius 2 is 1.76 bits per heavy atom. The predicted molar refractivity (Wildman–Crippen MR) is 106 cm³/mol. The van der Waals surface area contributed by atoms with Crippen LogP contribution in [-0.2, 0) is 10.0 Å². The van der Waals surface area contributed by atoms with Crippen LogP contribution in [0.15, 0.2) is 36.4 Å². The Bertz CT molecular complexity index is 1050. The SMILES string of the molecule is COc1cc(C(=O)Nc2ccc(N3CCCS3(=O)=O)cc2)c([N+](=O)[O-])cc1OC. The summed E-state index contributed by atoms with van der Waals surface area (Å²) >= 11 is 0. The van der Waals surface area contributed by atoms with Gasteiger partial charge < -0.3 is 14.8 Å². The number of sulfonamides is 1. The van der Waals surface area contributed by atoms with E-state index in [1.54, 1.807) is 12.1 Å². The normalized spacial score (nSPS) is 15.0. The van der Waals surface area contributed by atoms with Crippen LogP contribution in [-0.4, -0.2) is 45.8 Å². The van der Waals surface area contributed by atoms with Gasteiger partial charge in [0, 0.05) is 18.3 Å². The summed E-state index contributed by atoms with van der Waals surface area (Å²) in [4.78, 5) is 23.3. The number of benzene rings is 2. The van der Waals surface area contributed by atoms with Crippen molar-refractivity contribution in [2.75, 3.05) is 36.1 Å². The fraction of sp³-hybridized carbons (Fsp3) is 0.278. The van der Waals surface area contributed by atoms with E-state index in [-0.39, 0.29) is 22.8 Å². The molecular formula is C18H19N3O7S. The van der Waals surface area contributed by atoms with E-state index in [9.17, 15) is 23.3 Å². The van der Waals surface area contributed by atoms with Crippen molar-refractivity contribution in [2.24, 2.45) is 0 Å². The van der Waals surface area contributed by atoms with E-state index in [4.69, 9.17) is 9.47 Å². The van der Waals surface area contributed by atoms with Crippen LogP contribution >= 0.6 is 0 Å². The molecule has 1 N–H and O–H groups in total. The molecule has 154 valence electrons. The first-order valence-electron chi connectivity index (χ1n) is 8.59. The Morgan fingerprint density at radius 3 is 2.28 bits per heavy atom. The van der Waals surface area contributed by atoms with E-state index >= 15 is 0 Å². The smallest absolute Gasteiger partial charge is 0.286 e. The fourth-order valence-corrected chi connectivity index (χ4v) is 4.60. The molecule has 1 heterocycles. The first-order chi connectivity index (χ1) is 13.8. The number of carbonyl (C=O) groups is 1. The highest BCUT2D eigenvalue weighted by Crippen LogP contribution is 2.35. The lowest BCUT2D eigenvalue weighted by Gasteiger charge is -2.17.